The van der Waals surface area contributed by atoms with Gasteiger partial charge >= 0.3 is 0 Å². The molecule has 3 aromatic carbocycles. The normalized spacial score (nSPS) is 15.6. The van der Waals surface area contributed by atoms with E-state index in [1.165, 1.54) is 0 Å². The van der Waals surface area contributed by atoms with Crippen molar-refractivity contribution in [1.82, 2.24) is 4.90 Å². The number of halogens is 2. The average Bonchev–Trinajstić information content (AvgIpc) is 2.88. The molecule has 0 amide bonds. The van der Waals surface area contributed by atoms with Crippen molar-refractivity contribution in [2.45, 2.75) is 37.7 Å². The van der Waals surface area contributed by atoms with E-state index < -0.39 is 5.60 Å². The molecule has 35 heavy (non-hydrogen) atoms. The van der Waals surface area contributed by atoms with Crippen LogP contribution in [0.25, 0.3) is 0 Å². The third-order valence-corrected chi connectivity index (χ3v) is 7.18. The van der Waals surface area contributed by atoms with Gasteiger partial charge in [-0.1, -0.05) is 35.3 Å². The second-order valence-corrected chi connectivity index (χ2v) is 10.0. The number of benzene rings is 3. The first-order chi connectivity index (χ1) is 16.9. The fraction of sp³-hybridized carbons (Fsp3) is 0.345. The Morgan fingerprint density at radius 1 is 0.800 bits per heavy atom. The number of likely N-dealkylation sites (tertiary alicyclic amines) is 1. The van der Waals surface area contributed by atoms with E-state index in [-0.39, 0.29) is 5.78 Å². The van der Waals surface area contributed by atoms with E-state index in [4.69, 9.17) is 27.9 Å². The van der Waals surface area contributed by atoms with Crippen LogP contribution in [0.5, 0.6) is 5.75 Å². The minimum Gasteiger partial charge on any atom is -0.494 e. The first-order valence-corrected chi connectivity index (χ1v) is 12.9. The highest BCUT2D eigenvalue weighted by atomic mass is 35.5. The van der Waals surface area contributed by atoms with Crippen molar-refractivity contribution in [3.8, 4) is 5.75 Å². The van der Waals surface area contributed by atoms with Crippen molar-refractivity contribution in [2.24, 2.45) is 0 Å². The summed E-state index contributed by atoms with van der Waals surface area (Å²) in [5.41, 5.74) is 1.46. The summed E-state index contributed by atoms with van der Waals surface area (Å²) < 4.78 is 5.85. The molecular weight excluding hydrogens is 481 g/mol. The lowest BCUT2D eigenvalue weighted by Gasteiger charge is -2.38. The zero-order valence-corrected chi connectivity index (χ0v) is 21.3. The summed E-state index contributed by atoms with van der Waals surface area (Å²) in [6, 6.07) is 21.8. The number of carbonyl (C=O) groups excluding carboxylic acids is 1. The number of hydrogen-bond donors (Lipinski definition) is 1. The number of hydrogen-bond acceptors (Lipinski definition) is 4. The molecular formula is C29H31Cl2NO3. The van der Waals surface area contributed by atoms with Crippen molar-refractivity contribution in [3.63, 3.8) is 0 Å². The lowest BCUT2D eigenvalue weighted by Crippen LogP contribution is -2.42. The van der Waals surface area contributed by atoms with Crippen LogP contribution in [-0.4, -0.2) is 42.0 Å². The van der Waals surface area contributed by atoms with Gasteiger partial charge in [0, 0.05) is 34.3 Å². The number of rotatable bonds is 10. The van der Waals surface area contributed by atoms with E-state index in [2.05, 4.69) is 4.90 Å². The van der Waals surface area contributed by atoms with Gasteiger partial charge in [0.05, 0.1) is 12.2 Å². The van der Waals surface area contributed by atoms with Gasteiger partial charge in [-0.3, -0.25) is 4.79 Å². The highest BCUT2D eigenvalue weighted by Crippen LogP contribution is 2.33. The summed E-state index contributed by atoms with van der Waals surface area (Å²) >= 11 is 11.9. The predicted molar refractivity (Wildman–Crippen MR) is 142 cm³/mol. The molecule has 1 saturated heterocycles. The van der Waals surface area contributed by atoms with Crippen LogP contribution in [0.3, 0.4) is 0 Å². The molecule has 0 aromatic heterocycles. The summed E-state index contributed by atoms with van der Waals surface area (Å²) in [7, 11) is 0. The van der Waals surface area contributed by atoms with Crippen LogP contribution in [0.4, 0.5) is 0 Å². The van der Waals surface area contributed by atoms with E-state index in [0.29, 0.717) is 27.8 Å². The van der Waals surface area contributed by atoms with Gasteiger partial charge in [0.15, 0.2) is 5.78 Å². The maximum atomic E-state index is 12.5. The molecule has 0 aliphatic carbocycles. The summed E-state index contributed by atoms with van der Waals surface area (Å²) in [6.45, 7) is 3.49. The first-order valence-electron chi connectivity index (χ1n) is 12.2. The summed E-state index contributed by atoms with van der Waals surface area (Å²) in [4.78, 5) is 15.0. The molecule has 6 heteroatoms. The van der Waals surface area contributed by atoms with Gasteiger partial charge in [-0.15, -0.1) is 0 Å². The van der Waals surface area contributed by atoms with Crippen LogP contribution >= 0.6 is 23.2 Å². The predicted octanol–water partition coefficient (Wildman–Crippen LogP) is 6.76. The second kappa shape index (κ2) is 12.0. The van der Waals surface area contributed by atoms with Gasteiger partial charge in [0.25, 0.3) is 0 Å². The number of ether oxygens (including phenoxy) is 1. The molecule has 1 aliphatic heterocycles. The molecule has 0 saturated carbocycles. The molecule has 1 aliphatic rings. The Labute approximate surface area is 217 Å². The molecule has 1 N–H and O–H groups in total. The molecule has 4 rings (SSSR count). The summed E-state index contributed by atoms with van der Waals surface area (Å²) in [6.07, 6.45) is 4.67. The largest absolute Gasteiger partial charge is 0.494 e. The Hall–Kier alpha value is -2.37. The first kappa shape index (κ1) is 25.7. The van der Waals surface area contributed by atoms with Gasteiger partial charge in [-0.2, -0.15) is 0 Å². The van der Waals surface area contributed by atoms with E-state index in [1.807, 2.05) is 36.4 Å². The summed E-state index contributed by atoms with van der Waals surface area (Å²) in [5, 5.41) is 12.3. The van der Waals surface area contributed by atoms with Gasteiger partial charge < -0.3 is 14.7 Å². The van der Waals surface area contributed by atoms with E-state index in [9.17, 15) is 9.90 Å². The smallest absolute Gasteiger partial charge is 0.193 e. The zero-order chi connectivity index (χ0) is 24.7. The van der Waals surface area contributed by atoms with Crippen LogP contribution in [0.1, 0.15) is 53.6 Å². The Bertz CT molecular complexity index is 1090. The quantitative estimate of drug-likeness (QED) is 0.241. The number of aliphatic hydroxyl groups is 1. The molecule has 0 spiro atoms. The van der Waals surface area contributed by atoms with E-state index in [0.717, 1.165) is 63.1 Å². The minimum absolute atomic E-state index is 0.0301. The lowest BCUT2D eigenvalue weighted by atomic mass is 9.84. The molecule has 0 unspecified atom stereocenters. The topological polar surface area (TPSA) is 49.8 Å². The van der Waals surface area contributed by atoms with E-state index in [1.54, 1.807) is 36.4 Å². The van der Waals surface area contributed by atoms with Crippen molar-refractivity contribution < 1.29 is 14.6 Å². The molecule has 1 heterocycles. The number of unbranched alkanes of at least 4 members (excludes halogenated alkanes) is 2. The third kappa shape index (κ3) is 7.08. The molecule has 0 radical (unpaired) electrons. The Morgan fingerprint density at radius 3 is 1.94 bits per heavy atom. The minimum atomic E-state index is -0.746. The molecule has 4 nitrogen and oxygen atoms in total. The fourth-order valence-electron chi connectivity index (χ4n) is 4.47. The molecule has 1 fully saturated rings. The van der Waals surface area contributed by atoms with Gasteiger partial charge in [0.2, 0.25) is 0 Å². The van der Waals surface area contributed by atoms with Crippen molar-refractivity contribution in [2.75, 3.05) is 26.2 Å². The van der Waals surface area contributed by atoms with Gasteiger partial charge in [-0.25, -0.2) is 0 Å². The van der Waals surface area contributed by atoms with Crippen LogP contribution in [-0.2, 0) is 5.60 Å². The van der Waals surface area contributed by atoms with Crippen molar-refractivity contribution in [1.29, 1.82) is 0 Å². The standard InChI is InChI=1S/C29H31Cl2NO3/c30-25-10-4-22(5-11-25)28(33)23-6-14-27(15-7-23)35-21-3-1-2-18-32-19-16-29(34,17-20-32)24-8-12-26(31)13-9-24/h4-15,34H,1-3,16-21H2. The SMILES string of the molecule is O=C(c1ccc(Cl)cc1)c1ccc(OCCCCCN2CCC(O)(c3ccc(Cl)cc3)CC2)cc1. The second-order valence-electron chi connectivity index (χ2n) is 9.15. The lowest BCUT2D eigenvalue weighted by molar-refractivity contribution is -0.0261. The van der Waals surface area contributed by atoms with Crippen LogP contribution in [0.2, 0.25) is 10.0 Å². The molecule has 0 atom stereocenters. The average molecular weight is 512 g/mol. The number of carbonyl (C=O) groups is 1. The molecule has 3 aromatic rings. The zero-order valence-electron chi connectivity index (χ0n) is 19.8. The maximum absolute atomic E-state index is 12.5. The van der Waals surface area contributed by atoms with Gasteiger partial charge in [0.1, 0.15) is 5.75 Å². The highest BCUT2D eigenvalue weighted by molar-refractivity contribution is 6.31. The molecule has 0 bridgehead atoms. The Balaban J connectivity index is 1.12. The van der Waals surface area contributed by atoms with Crippen molar-refractivity contribution >= 4 is 29.0 Å². The highest BCUT2D eigenvalue weighted by Gasteiger charge is 2.33. The van der Waals surface area contributed by atoms with Gasteiger partial charge in [-0.05, 0) is 105 Å². The fourth-order valence-corrected chi connectivity index (χ4v) is 4.72. The van der Waals surface area contributed by atoms with Crippen LogP contribution in [0.15, 0.2) is 72.8 Å². The molecule has 184 valence electrons. The van der Waals surface area contributed by atoms with Crippen LogP contribution < -0.4 is 4.74 Å². The number of piperidine rings is 1. The van der Waals surface area contributed by atoms with Crippen molar-refractivity contribution in [3.05, 3.63) is 99.5 Å². The Kier molecular flexibility index (Phi) is 8.85. The monoisotopic (exact) mass is 511 g/mol. The number of ketones is 1. The summed E-state index contributed by atoms with van der Waals surface area (Å²) in [5.74, 6) is 0.743. The maximum Gasteiger partial charge on any atom is 0.193 e. The number of nitrogens with zero attached hydrogens (tertiary/aromatic N) is 1. The Morgan fingerprint density at radius 2 is 1.34 bits per heavy atom. The third-order valence-electron chi connectivity index (χ3n) is 6.68. The van der Waals surface area contributed by atoms with Crippen LogP contribution in [0, 0.1) is 0 Å². The van der Waals surface area contributed by atoms with E-state index >= 15 is 0 Å².